The van der Waals surface area contributed by atoms with Crippen LogP contribution < -0.4 is 5.32 Å². The van der Waals surface area contributed by atoms with Crippen LogP contribution in [0.4, 0.5) is 13.2 Å². The molecule has 1 aromatic heterocycles. The van der Waals surface area contributed by atoms with Crippen molar-refractivity contribution in [2.24, 2.45) is 0 Å². The van der Waals surface area contributed by atoms with Gasteiger partial charge in [-0.1, -0.05) is 11.6 Å². The van der Waals surface area contributed by atoms with Gasteiger partial charge in [0.1, 0.15) is 10.7 Å². The van der Waals surface area contributed by atoms with Crippen molar-refractivity contribution in [1.82, 2.24) is 10.3 Å². The van der Waals surface area contributed by atoms with Crippen molar-refractivity contribution in [3.8, 4) is 0 Å². The van der Waals surface area contributed by atoms with Gasteiger partial charge in [-0.3, -0.25) is 4.79 Å². The Kier molecular flexibility index (Phi) is 2.77. The van der Waals surface area contributed by atoms with Crippen LogP contribution in [0.3, 0.4) is 0 Å². The monoisotopic (exact) mass is 264 g/mol. The lowest BCUT2D eigenvalue weighted by molar-refractivity contribution is -0.163. The minimum Gasteiger partial charge on any atom is -0.338 e. The Morgan fingerprint density at radius 3 is 2.59 bits per heavy atom. The molecule has 0 radical (unpaired) electrons. The van der Waals surface area contributed by atoms with Crippen LogP contribution in [-0.2, 0) is 0 Å². The van der Waals surface area contributed by atoms with Gasteiger partial charge in [0.2, 0.25) is 0 Å². The normalized spacial score (nSPS) is 17.6. The van der Waals surface area contributed by atoms with Gasteiger partial charge in [0.05, 0.1) is 0 Å². The predicted molar refractivity (Wildman–Crippen MR) is 54.7 cm³/mol. The SMILES string of the molecule is O=C(NC1(C(F)(F)F)CC1)c1ccnc(Cl)c1. The molecule has 3 nitrogen and oxygen atoms in total. The zero-order chi connectivity index (χ0) is 12.7. The van der Waals surface area contributed by atoms with Crippen LogP contribution in [0, 0.1) is 0 Å². The maximum absolute atomic E-state index is 12.6. The molecule has 1 saturated carbocycles. The molecule has 1 heterocycles. The second-order valence-corrected chi connectivity index (χ2v) is 4.29. The van der Waals surface area contributed by atoms with Crippen molar-refractivity contribution in [3.05, 3.63) is 29.0 Å². The average Bonchev–Trinajstić information content (AvgIpc) is 2.98. The summed E-state index contributed by atoms with van der Waals surface area (Å²) in [5.41, 5.74) is -1.99. The highest BCUT2D eigenvalue weighted by molar-refractivity contribution is 6.29. The van der Waals surface area contributed by atoms with Crippen LogP contribution in [-0.4, -0.2) is 22.6 Å². The molecule has 92 valence electrons. The van der Waals surface area contributed by atoms with Gasteiger partial charge in [0.15, 0.2) is 0 Å². The molecule has 1 N–H and O–H groups in total. The highest BCUT2D eigenvalue weighted by Gasteiger charge is 2.64. The van der Waals surface area contributed by atoms with E-state index in [1.165, 1.54) is 18.3 Å². The van der Waals surface area contributed by atoms with Crippen LogP contribution in [0.15, 0.2) is 18.3 Å². The Labute approximate surface area is 100.0 Å². The first-order chi connectivity index (χ1) is 7.84. The van der Waals surface area contributed by atoms with E-state index in [0.717, 1.165) is 0 Å². The van der Waals surface area contributed by atoms with E-state index in [4.69, 9.17) is 11.6 Å². The van der Waals surface area contributed by atoms with E-state index in [1.807, 2.05) is 5.32 Å². The number of hydrogen-bond acceptors (Lipinski definition) is 2. The maximum Gasteiger partial charge on any atom is 0.411 e. The van der Waals surface area contributed by atoms with Crippen molar-refractivity contribution in [2.45, 2.75) is 24.6 Å². The second-order valence-electron chi connectivity index (χ2n) is 3.90. The third kappa shape index (κ3) is 2.36. The van der Waals surface area contributed by atoms with Crippen LogP contribution >= 0.6 is 11.6 Å². The lowest BCUT2D eigenvalue weighted by atomic mass is 10.2. The van der Waals surface area contributed by atoms with Crippen molar-refractivity contribution < 1.29 is 18.0 Å². The number of carbonyl (C=O) groups is 1. The Morgan fingerprint density at radius 2 is 2.12 bits per heavy atom. The van der Waals surface area contributed by atoms with Gasteiger partial charge in [-0.25, -0.2) is 4.98 Å². The number of halogens is 4. The van der Waals surface area contributed by atoms with Crippen LogP contribution in [0.5, 0.6) is 0 Å². The lowest BCUT2D eigenvalue weighted by Gasteiger charge is -2.20. The van der Waals surface area contributed by atoms with Gasteiger partial charge >= 0.3 is 6.18 Å². The number of nitrogens with one attached hydrogen (secondary N) is 1. The summed E-state index contributed by atoms with van der Waals surface area (Å²) in [6.07, 6.45) is -3.31. The second kappa shape index (κ2) is 3.87. The van der Waals surface area contributed by atoms with Gasteiger partial charge in [0.25, 0.3) is 5.91 Å². The first kappa shape index (κ1) is 12.2. The minimum absolute atomic E-state index is 0.0644. The molecule has 1 amide bonds. The molecule has 7 heteroatoms. The molecule has 1 aliphatic carbocycles. The lowest BCUT2D eigenvalue weighted by Crippen LogP contribution is -2.47. The number of rotatable bonds is 2. The largest absolute Gasteiger partial charge is 0.411 e. The average molecular weight is 265 g/mol. The summed E-state index contributed by atoms with van der Waals surface area (Å²) in [6.45, 7) is 0. The molecule has 0 bridgehead atoms. The number of nitrogens with zero attached hydrogens (tertiary/aromatic N) is 1. The number of amides is 1. The number of pyridine rings is 1. The Hall–Kier alpha value is -1.30. The van der Waals surface area contributed by atoms with Crippen molar-refractivity contribution in [2.75, 3.05) is 0 Å². The van der Waals surface area contributed by atoms with E-state index in [1.54, 1.807) is 0 Å². The summed E-state index contributed by atoms with van der Waals surface area (Å²) in [7, 11) is 0. The van der Waals surface area contributed by atoms with Crippen molar-refractivity contribution >= 4 is 17.5 Å². The van der Waals surface area contributed by atoms with Gasteiger partial charge in [-0.15, -0.1) is 0 Å². The fraction of sp³-hybridized carbons (Fsp3) is 0.400. The smallest absolute Gasteiger partial charge is 0.338 e. The Morgan fingerprint density at radius 1 is 1.47 bits per heavy atom. The molecule has 0 aromatic carbocycles. The summed E-state index contributed by atoms with van der Waals surface area (Å²) in [6, 6.07) is 2.54. The summed E-state index contributed by atoms with van der Waals surface area (Å²) in [5, 5.41) is 2.06. The van der Waals surface area contributed by atoms with E-state index in [-0.39, 0.29) is 23.6 Å². The number of carbonyl (C=O) groups excluding carboxylic acids is 1. The molecule has 0 unspecified atom stereocenters. The molecular formula is C10H8ClF3N2O. The Bertz CT molecular complexity index is 457. The quantitative estimate of drug-likeness (QED) is 0.834. The number of hydrogen-bond donors (Lipinski definition) is 1. The first-order valence-corrected chi connectivity index (χ1v) is 5.23. The van der Waals surface area contributed by atoms with Crippen molar-refractivity contribution in [1.29, 1.82) is 0 Å². The Balaban J connectivity index is 2.13. The molecule has 1 aromatic rings. The zero-order valence-corrected chi connectivity index (χ0v) is 9.27. The standard InChI is InChI=1S/C10H8ClF3N2O/c11-7-5-6(1-4-15-7)8(17)16-9(2-3-9)10(12,13)14/h1,4-5H,2-3H2,(H,16,17). The van der Waals surface area contributed by atoms with E-state index in [9.17, 15) is 18.0 Å². The summed E-state index contributed by atoms with van der Waals surface area (Å²) >= 11 is 5.55. The fourth-order valence-corrected chi connectivity index (χ4v) is 1.61. The van der Waals surface area contributed by atoms with E-state index < -0.39 is 17.6 Å². The predicted octanol–water partition coefficient (Wildman–Crippen LogP) is 2.56. The highest BCUT2D eigenvalue weighted by atomic mass is 35.5. The molecule has 17 heavy (non-hydrogen) atoms. The maximum atomic E-state index is 12.6. The van der Waals surface area contributed by atoms with Crippen LogP contribution in [0.2, 0.25) is 5.15 Å². The van der Waals surface area contributed by atoms with E-state index in [2.05, 4.69) is 4.98 Å². The van der Waals surface area contributed by atoms with Gasteiger partial charge in [0, 0.05) is 11.8 Å². The highest BCUT2D eigenvalue weighted by Crippen LogP contribution is 2.49. The third-order valence-electron chi connectivity index (χ3n) is 2.63. The molecule has 1 fully saturated rings. The molecule has 0 aliphatic heterocycles. The third-order valence-corrected chi connectivity index (χ3v) is 2.84. The number of alkyl halides is 3. The summed E-state index contributed by atoms with van der Waals surface area (Å²) < 4.78 is 37.8. The van der Waals surface area contributed by atoms with Crippen LogP contribution in [0.1, 0.15) is 23.2 Å². The molecule has 0 saturated heterocycles. The molecule has 0 spiro atoms. The van der Waals surface area contributed by atoms with Gasteiger partial charge in [-0.05, 0) is 25.0 Å². The van der Waals surface area contributed by atoms with Gasteiger partial charge < -0.3 is 5.32 Å². The zero-order valence-electron chi connectivity index (χ0n) is 8.51. The van der Waals surface area contributed by atoms with E-state index >= 15 is 0 Å². The molecule has 1 aliphatic rings. The first-order valence-electron chi connectivity index (χ1n) is 4.85. The van der Waals surface area contributed by atoms with Gasteiger partial charge in [-0.2, -0.15) is 13.2 Å². The molecule has 2 rings (SSSR count). The topological polar surface area (TPSA) is 42.0 Å². The van der Waals surface area contributed by atoms with Crippen molar-refractivity contribution in [3.63, 3.8) is 0 Å². The number of aromatic nitrogens is 1. The van der Waals surface area contributed by atoms with Crippen LogP contribution in [0.25, 0.3) is 0 Å². The fourth-order valence-electron chi connectivity index (χ4n) is 1.44. The minimum atomic E-state index is -4.42. The molecule has 0 atom stereocenters. The summed E-state index contributed by atoms with van der Waals surface area (Å²) in [4.78, 5) is 15.2. The molecular weight excluding hydrogens is 257 g/mol. The summed E-state index contributed by atoms with van der Waals surface area (Å²) in [5.74, 6) is -0.788. The van der Waals surface area contributed by atoms with E-state index in [0.29, 0.717) is 0 Å².